The quantitative estimate of drug-likeness (QED) is 0.731. The lowest BCUT2D eigenvalue weighted by atomic mass is 9.95. The van der Waals surface area contributed by atoms with E-state index in [4.69, 9.17) is 4.99 Å². The van der Waals surface area contributed by atoms with Crippen molar-refractivity contribution in [3.05, 3.63) is 65.5 Å². The molecular weight excluding hydrogens is 368 g/mol. The van der Waals surface area contributed by atoms with Gasteiger partial charge in [-0.15, -0.1) is 0 Å². The second-order valence-corrected chi connectivity index (χ2v) is 9.38. The van der Waals surface area contributed by atoms with Gasteiger partial charge in [-0.25, -0.2) is 0 Å². The van der Waals surface area contributed by atoms with Gasteiger partial charge in [0, 0.05) is 61.9 Å². The first-order chi connectivity index (χ1) is 14.7. The fraction of sp³-hybridized carbons (Fsp3) is 0.462. The Bertz CT molecular complexity index is 929. The summed E-state index contributed by atoms with van der Waals surface area (Å²) in [6.45, 7) is 9.20. The minimum Gasteiger partial charge on any atom is -0.366 e. The number of nitrogens with zero attached hydrogens (tertiary/aromatic N) is 4. The number of aromatic nitrogens is 1. The van der Waals surface area contributed by atoms with Crippen LogP contribution in [-0.2, 0) is 0 Å². The van der Waals surface area contributed by atoms with E-state index in [1.165, 1.54) is 42.9 Å². The Balaban J connectivity index is 1.30. The normalized spacial score (nSPS) is 25.4. The Morgan fingerprint density at radius 2 is 1.97 bits per heavy atom. The van der Waals surface area contributed by atoms with Crippen molar-refractivity contribution in [1.29, 1.82) is 0 Å². The first kappa shape index (κ1) is 19.5. The molecule has 4 heterocycles. The number of fused-ring (bicyclic) bond motifs is 2. The Kier molecular flexibility index (Phi) is 5.43. The Morgan fingerprint density at radius 1 is 1.10 bits per heavy atom. The lowest BCUT2D eigenvalue weighted by molar-refractivity contribution is 0.214. The van der Waals surface area contributed by atoms with Crippen molar-refractivity contribution in [3.63, 3.8) is 0 Å². The summed E-state index contributed by atoms with van der Waals surface area (Å²) in [6, 6.07) is 14.7. The molecule has 0 saturated carbocycles. The zero-order chi connectivity index (χ0) is 20.5. The molecular formula is C26H32N4. The van der Waals surface area contributed by atoms with Gasteiger partial charge in [0.15, 0.2) is 0 Å². The van der Waals surface area contributed by atoms with E-state index in [0.717, 1.165) is 42.6 Å². The van der Waals surface area contributed by atoms with Crippen molar-refractivity contribution in [2.45, 2.75) is 45.2 Å². The van der Waals surface area contributed by atoms with Crippen molar-refractivity contribution in [1.82, 2.24) is 9.88 Å². The molecule has 5 rings (SSSR count). The van der Waals surface area contributed by atoms with Crippen LogP contribution in [0.1, 0.15) is 44.2 Å². The molecule has 30 heavy (non-hydrogen) atoms. The van der Waals surface area contributed by atoms with Crippen molar-refractivity contribution in [3.8, 4) is 0 Å². The third-order valence-electron chi connectivity index (χ3n) is 6.63. The van der Waals surface area contributed by atoms with Crippen molar-refractivity contribution in [2.24, 2.45) is 10.9 Å². The number of hydrogen-bond donors (Lipinski definition) is 0. The van der Waals surface area contributed by atoms with Gasteiger partial charge < -0.3 is 4.90 Å². The number of hydrogen-bond acceptors (Lipinski definition) is 4. The second-order valence-electron chi connectivity index (χ2n) is 9.38. The summed E-state index contributed by atoms with van der Waals surface area (Å²) < 4.78 is 0. The molecule has 4 nitrogen and oxygen atoms in total. The summed E-state index contributed by atoms with van der Waals surface area (Å²) in [5.74, 6) is 0.755. The Labute approximate surface area is 180 Å². The van der Waals surface area contributed by atoms with Crippen LogP contribution in [0.15, 0.2) is 59.4 Å². The zero-order valence-corrected chi connectivity index (χ0v) is 18.2. The average molecular weight is 401 g/mol. The predicted octanol–water partition coefficient (Wildman–Crippen LogP) is 4.67. The first-order valence-electron chi connectivity index (χ1n) is 11.4. The topological polar surface area (TPSA) is 31.7 Å². The number of allylic oxidation sites excluding steroid dienone is 1. The summed E-state index contributed by atoms with van der Waals surface area (Å²) in [6.07, 6.45) is 9.58. The monoisotopic (exact) mass is 400 g/mol. The fourth-order valence-electron chi connectivity index (χ4n) is 5.32. The van der Waals surface area contributed by atoms with Gasteiger partial charge >= 0.3 is 0 Å². The molecule has 4 heteroatoms. The van der Waals surface area contributed by atoms with Gasteiger partial charge in [-0.3, -0.25) is 14.9 Å². The van der Waals surface area contributed by atoms with Crippen LogP contribution in [-0.4, -0.2) is 53.9 Å². The molecule has 0 radical (unpaired) electrons. The van der Waals surface area contributed by atoms with E-state index in [0.29, 0.717) is 6.04 Å². The third-order valence-corrected chi connectivity index (χ3v) is 6.63. The number of aliphatic imine (C=N–C) groups is 1. The van der Waals surface area contributed by atoms with E-state index in [2.05, 4.69) is 65.0 Å². The van der Waals surface area contributed by atoms with Crippen LogP contribution in [0.25, 0.3) is 6.08 Å². The summed E-state index contributed by atoms with van der Waals surface area (Å²) in [5, 5.41) is 0. The van der Waals surface area contributed by atoms with Crippen LogP contribution in [0.4, 0.5) is 5.69 Å². The molecule has 0 spiro atoms. The highest BCUT2D eigenvalue weighted by Crippen LogP contribution is 2.35. The van der Waals surface area contributed by atoms with Gasteiger partial charge in [-0.2, -0.15) is 0 Å². The minimum absolute atomic E-state index is 0.681. The molecule has 3 aliphatic heterocycles. The van der Waals surface area contributed by atoms with E-state index in [-0.39, 0.29) is 0 Å². The Hall–Kier alpha value is -2.46. The van der Waals surface area contributed by atoms with Crippen molar-refractivity contribution < 1.29 is 0 Å². The molecule has 156 valence electrons. The molecule has 0 amide bonds. The largest absolute Gasteiger partial charge is 0.366 e. The highest BCUT2D eigenvalue weighted by atomic mass is 15.3. The van der Waals surface area contributed by atoms with Crippen LogP contribution in [0, 0.1) is 5.92 Å². The van der Waals surface area contributed by atoms with Gasteiger partial charge in [0.2, 0.25) is 0 Å². The molecule has 3 aliphatic rings. The Morgan fingerprint density at radius 3 is 2.67 bits per heavy atom. The zero-order valence-electron chi connectivity index (χ0n) is 18.2. The molecule has 1 aromatic carbocycles. The van der Waals surface area contributed by atoms with Gasteiger partial charge in [0.1, 0.15) is 0 Å². The molecule has 2 bridgehead atoms. The maximum absolute atomic E-state index is 4.81. The van der Waals surface area contributed by atoms with E-state index < -0.39 is 0 Å². The van der Waals surface area contributed by atoms with E-state index in [1.54, 1.807) is 0 Å². The van der Waals surface area contributed by atoms with Crippen LogP contribution in [0.5, 0.6) is 0 Å². The fourth-order valence-corrected chi connectivity index (χ4v) is 5.32. The SMILES string of the molecule is CC(C)CN1C[C@H]2C[C@@H]1CN2c1ccc(/C=C2\CCCN=C2c2cccnc2)cc1. The number of pyridine rings is 1. The number of piperazine rings is 1. The van der Waals surface area contributed by atoms with E-state index >= 15 is 0 Å². The van der Waals surface area contributed by atoms with E-state index in [1.807, 2.05) is 18.5 Å². The number of benzene rings is 1. The lowest BCUT2D eigenvalue weighted by Gasteiger charge is -2.36. The second kappa shape index (κ2) is 8.35. The average Bonchev–Trinajstić information content (AvgIpc) is 3.35. The summed E-state index contributed by atoms with van der Waals surface area (Å²) in [5.41, 5.74) is 6.20. The summed E-state index contributed by atoms with van der Waals surface area (Å²) in [7, 11) is 0. The van der Waals surface area contributed by atoms with E-state index in [9.17, 15) is 0 Å². The molecule has 0 unspecified atom stereocenters. The number of anilines is 1. The maximum Gasteiger partial charge on any atom is 0.0694 e. The highest BCUT2D eigenvalue weighted by Gasteiger charge is 2.43. The van der Waals surface area contributed by atoms with Crippen LogP contribution in [0.2, 0.25) is 0 Å². The van der Waals surface area contributed by atoms with Gasteiger partial charge in [0.05, 0.1) is 5.71 Å². The molecule has 1 aromatic heterocycles. The third kappa shape index (κ3) is 3.93. The van der Waals surface area contributed by atoms with Crippen molar-refractivity contribution in [2.75, 3.05) is 31.1 Å². The predicted molar refractivity (Wildman–Crippen MR) is 125 cm³/mol. The number of rotatable bonds is 5. The molecule has 0 aliphatic carbocycles. The van der Waals surface area contributed by atoms with Crippen molar-refractivity contribution >= 4 is 17.5 Å². The maximum atomic E-state index is 4.81. The van der Waals surface area contributed by atoms with Gasteiger partial charge in [-0.1, -0.05) is 26.0 Å². The smallest absolute Gasteiger partial charge is 0.0694 e. The van der Waals surface area contributed by atoms with Crippen LogP contribution < -0.4 is 4.90 Å². The molecule has 2 saturated heterocycles. The minimum atomic E-state index is 0.681. The molecule has 2 fully saturated rings. The van der Waals surface area contributed by atoms with Gasteiger partial charge in [0.25, 0.3) is 0 Å². The first-order valence-corrected chi connectivity index (χ1v) is 11.4. The lowest BCUT2D eigenvalue weighted by Crippen LogP contribution is -2.47. The standard InChI is InChI=1S/C26H32N4/c1-19(2)16-29-17-25-14-24(29)18-30(25)23-9-7-20(8-10-23)13-21-5-4-12-28-26(21)22-6-3-11-27-15-22/h3,6-11,13,15,19,24-25H,4-5,12,14,16-18H2,1-2H3/b21-13+/t24-,25-/m1/s1. The highest BCUT2D eigenvalue weighted by molar-refractivity contribution is 6.15. The van der Waals surface area contributed by atoms with Crippen LogP contribution in [0.3, 0.4) is 0 Å². The summed E-state index contributed by atoms with van der Waals surface area (Å²) >= 11 is 0. The van der Waals surface area contributed by atoms with Gasteiger partial charge in [-0.05, 0) is 66.7 Å². The summed E-state index contributed by atoms with van der Waals surface area (Å²) in [4.78, 5) is 14.4. The molecule has 2 aromatic rings. The van der Waals surface area contributed by atoms with Crippen LogP contribution >= 0.6 is 0 Å². The number of likely N-dealkylation sites (tertiary alicyclic amines) is 1. The molecule has 2 atom stereocenters. The molecule has 0 N–H and O–H groups in total.